The molecule has 0 bridgehead atoms. The number of anilines is 1. The fourth-order valence-electron chi connectivity index (χ4n) is 3.68. The molecule has 1 N–H and O–H groups in total. The maximum Gasteiger partial charge on any atom is 0.243 e. The van der Waals surface area contributed by atoms with Crippen molar-refractivity contribution in [3.63, 3.8) is 0 Å². The van der Waals surface area contributed by atoms with Gasteiger partial charge in [0.05, 0.1) is 11.4 Å². The minimum absolute atomic E-state index is 0.151. The Morgan fingerprint density at radius 1 is 1.03 bits per heavy atom. The van der Waals surface area contributed by atoms with Gasteiger partial charge in [-0.2, -0.15) is 9.40 Å². The van der Waals surface area contributed by atoms with Crippen LogP contribution in [-0.4, -0.2) is 41.5 Å². The molecule has 1 aromatic heterocycles. The summed E-state index contributed by atoms with van der Waals surface area (Å²) in [7, 11) is -3.60. The zero-order valence-corrected chi connectivity index (χ0v) is 19.4. The first kappa shape index (κ1) is 22.8. The summed E-state index contributed by atoms with van der Waals surface area (Å²) in [5.41, 5.74) is 1.01. The van der Waals surface area contributed by atoms with Crippen LogP contribution in [-0.2, 0) is 21.4 Å². The monoisotopic (exact) mass is 492 g/mol. The van der Waals surface area contributed by atoms with E-state index < -0.39 is 10.0 Å². The normalized spacial score (nSPS) is 15.6. The van der Waals surface area contributed by atoms with Crippen LogP contribution in [0, 0.1) is 5.92 Å². The molecular formula is C22H22Cl2N4O3S. The molecule has 7 nitrogen and oxygen atoms in total. The summed E-state index contributed by atoms with van der Waals surface area (Å²) in [6.45, 7) is 1.11. The van der Waals surface area contributed by atoms with Crippen molar-refractivity contribution in [2.45, 2.75) is 24.3 Å². The molecule has 3 aromatic rings. The van der Waals surface area contributed by atoms with Crippen LogP contribution in [0.5, 0.6) is 0 Å². The number of nitrogens with one attached hydrogen (secondary N) is 1. The van der Waals surface area contributed by atoms with E-state index in [0.29, 0.717) is 35.2 Å². The Hall–Kier alpha value is -2.39. The minimum Gasteiger partial charge on any atom is -0.309 e. The van der Waals surface area contributed by atoms with Crippen LogP contribution in [0.25, 0.3) is 0 Å². The van der Waals surface area contributed by atoms with Crippen molar-refractivity contribution in [2.75, 3.05) is 18.4 Å². The van der Waals surface area contributed by atoms with Gasteiger partial charge in [-0.3, -0.25) is 9.48 Å². The van der Waals surface area contributed by atoms with Gasteiger partial charge in [0.1, 0.15) is 0 Å². The molecule has 0 radical (unpaired) electrons. The molecular weight excluding hydrogens is 471 g/mol. The summed E-state index contributed by atoms with van der Waals surface area (Å²) in [5.74, 6) is 0.0412. The number of benzene rings is 2. The van der Waals surface area contributed by atoms with Crippen LogP contribution >= 0.6 is 23.2 Å². The second-order valence-corrected chi connectivity index (χ2v) is 10.5. The SMILES string of the molecule is O=C(Nc1ccn(Cc2cccc(Cl)c2)n1)C1CCN(S(=O)(=O)c2ccc(Cl)cc2)CC1. The van der Waals surface area contributed by atoms with E-state index in [9.17, 15) is 13.2 Å². The second-order valence-electron chi connectivity index (χ2n) is 7.65. The number of hydrogen-bond acceptors (Lipinski definition) is 4. The number of hydrogen-bond donors (Lipinski definition) is 1. The van der Waals surface area contributed by atoms with Gasteiger partial charge < -0.3 is 5.32 Å². The van der Waals surface area contributed by atoms with Gasteiger partial charge in [-0.25, -0.2) is 8.42 Å². The minimum atomic E-state index is -3.60. The van der Waals surface area contributed by atoms with Crippen LogP contribution < -0.4 is 5.32 Å². The molecule has 2 heterocycles. The van der Waals surface area contributed by atoms with Crippen molar-refractivity contribution in [3.05, 3.63) is 76.4 Å². The third-order valence-corrected chi connectivity index (χ3v) is 7.80. The predicted molar refractivity (Wildman–Crippen MR) is 124 cm³/mol. The Kier molecular flexibility index (Phi) is 6.85. The van der Waals surface area contributed by atoms with Gasteiger partial charge in [0.2, 0.25) is 15.9 Å². The zero-order chi connectivity index (χ0) is 22.7. The number of carbonyl (C=O) groups is 1. The molecule has 4 rings (SSSR count). The van der Waals surface area contributed by atoms with Crippen molar-refractivity contribution in [2.24, 2.45) is 5.92 Å². The molecule has 2 aromatic carbocycles. The first-order valence-electron chi connectivity index (χ1n) is 10.2. The van der Waals surface area contributed by atoms with E-state index in [1.165, 1.54) is 16.4 Å². The van der Waals surface area contributed by atoms with E-state index in [1.54, 1.807) is 29.1 Å². The number of halogens is 2. The Bertz CT molecular complexity index is 1200. The molecule has 32 heavy (non-hydrogen) atoms. The lowest BCUT2D eigenvalue weighted by atomic mass is 9.97. The molecule has 1 fully saturated rings. The van der Waals surface area contributed by atoms with Gasteiger partial charge in [-0.15, -0.1) is 0 Å². The molecule has 0 aliphatic carbocycles. The van der Waals surface area contributed by atoms with E-state index in [4.69, 9.17) is 23.2 Å². The average molecular weight is 493 g/mol. The van der Waals surface area contributed by atoms with Gasteiger partial charge in [-0.1, -0.05) is 35.3 Å². The lowest BCUT2D eigenvalue weighted by Crippen LogP contribution is -2.41. The summed E-state index contributed by atoms with van der Waals surface area (Å²) in [5, 5.41) is 8.38. The van der Waals surface area contributed by atoms with E-state index in [0.717, 1.165) is 5.56 Å². The van der Waals surface area contributed by atoms with Crippen molar-refractivity contribution in [3.8, 4) is 0 Å². The molecule has 1 amide bonds. The van der Waals surface area contributed by atoms with Gasteiger partial charge in [0, 0.05) is 41.3 Å². The van der Waals surface area contributed by atoms with E-state index in [2.05, 4.69) is 10.4 Å². The highest BCUT2D eigenvalue weighted by Gasteiger charge is 2.32. The van der Waals surface area contributed by atoms with Crippen molar-refractivity contribution >= 4 is 45.0 Å². The van der Waals surface area contributed by atoms with Gasteiger partial charge in [0.15, 0.2) is 5.82 Å². The van der Waals surface area contributed by atoms with Crippen molar-refractivity contribution < 1.29 is 13.2 Å². The first-order chi connectivity index (χ1) is 15.3. The van der Waals surface area contributed by atoms with Crippen LogP contribution in [0.1, 0.15) is 18.4 Å². The summed E-state index contributed by atoms with van der Waals surface area (Å²) < 4.78 is 28.7. The molecule has 1 saturated heterocycles. The maximum atomic E-state index is 12.8. The molecule has 10 heteroatoms. The fourth-order valence-corrected chi connectivity index (χ4v) is 5.49. The van der Waals surface area contributed by atoms with Gasteiger partial charge in [0.25, 0.3) is 0 Å². The molecule has 0 saturated carbocycles. The molecule has 0 atom stereocenters. The summed E-state index contributed by atoms with van der Waals surface area (Å²) in [6, 6.07) is 15.4. The number of rotatable bonds is 6. The van der Waals surface area contributed by atoms with Crippen LogP contribution in [0.3, 0.4) is 0 Å². The summed E-state index contributed by atoms with van der Waals surface area (Å²) >= 11 is 11.9. The lowest BCUT2D eigenvalue weighted by Gasteiger charge is -2.30. The smallest absolute Gasteiger partial charge is 0.243 e. The van der Waals surface area contributed by atoms with Gasteiger partial charge in [-0.05, 0) is 54.8 Å². The molecule has 1 aliphatic heterocycles. The Balaban J connectivity index is 1.32. The fraction of sp³-hybridized carbons (Fsp3) is 0.273. The average Bonchev–Trinajstić information content (AvgIpc) is 3.20. The van der Waals surface area contributed by atoms with E-state index in [-0.39, 0.29) is 29.8 Å². The molecule has 168 valence electrons. The number of piperidine rings is 1. The van der Waals surface area contributed by atoms with E-state index >= 15 is 0 Å². The highest BCUT2D eigenvalue weighted by Crippen LogP contribution is 2.25. The Morgan fingerprint density at radius 2 is 1.75 bits per heavy atom. The zero-order valence-electron chi connectivity index (χ0n) is 17.1. The largest absolute Gasteiger partial charge is 0.309 e. The topological polar surface area (TPSA) is 84.3 Å². The number of sulfonamides is 1. The van der Waals surface area contributed by atoms with Crippen LogP contribution in [0.15, 0.2) is 65.7 Å². The standard InChI is InChI=1S/C22H22Cl2N4O3S/c23-18-4-6-20(7-5-18)32(30,31)28-12-8-17(9-13-28)22(29)25-21-10-11-27(26-21)15-16-2-1-3-19(24)14-16/h1-7,10-11,14,17H,8-9,12-13,15H2,(H,25,26,29). The summed E-state index contributed by atoms with van der Waals surface area (Å²) in [4.78, 5) is 12.9. The number of carbonyl (C=O) groups excluding carboxylic acids is 1. The van der Waals surface area contributed by atoms with Crippen molar-refractivity contribution in [1.29, 1.82) is 0 Å². The Labute approximate surface area is 197 Å². The number of nitrogens with zero attached hydrogens (tertiary/aromatic N) is 3. The van der Waals surface area contributed by atoms with Crippen LogP contribution in [0.4, 0.5) is 5.82 Å². The highest BCUT2D eigenvalue weighted by molar-refractivity contribution is 7.89. The third-order valence-electron chi connectivity index (χ3n) is 5.40. The van der Waals surface area contributed by atoms with Crippen LogP contribution in [0.2, 0.25) is 10.0 Å². The van der Waals surface area contributed by atoms with Gasteiger partial charge >= 0.3 is 0 Å². The maximum absolute atomic E-state index is 12.8. The van der Waals surface area contributed by atoms with Crippen molar-refractivity contribution in [1.82, 2.24) is 14.1 Å². The predicted octanol–water partition coefficient (Wildman–Crippen LogP) is 4.28. The third kappa shape index (κ3) is 5.32. The first-order valence-corrected chi connectivity index (χ1v) is 12.4. The molecule has 0 spiro atoms. The molecule has 1 aliphatic rings. The molecule has 0 unspecified atom stereocenters. The summed E-state index contributed by atoms with van der Waals surface area (Å²) in [6.07, 6.45) is 2.68. The highest BCUT2D eigenvalue weighted by atomic mass is 35.5. The number of amides is 1. The second kappa shape index (κ2) is 9.62. The Morgan fingerprint density at radius 3 is 2.44 bits per heavy atom. The quantitative estimate of drug-likeness (QED) is 0.556. The lowest BCUT2D eigenvalue weighted by molar-refractivity contribution is -0.120. The number of aromatic nitrogens is 2. The van der Waals surface area contributed by atoms with E-state index in [1.807, 2.05) is 24.3 Å².